The highest BCUT2D eigenvalue weighted by atomic mass is 19.1. The lowest BCUT2D eigenvalue weighted by Gasteiger charge is -2.10. The predicted octanol–water partition coefficient (Wildman–Crippen LogP) is 2.94. The van der Waals surface area contributed by atoms with Crippen LogP contribution in [-0.4, -0.2) is 16.1 Å². The fourth-order valence-electron chi connectivity index (χ4n) is 2.63. The lowest BCUT2D eigenvalue weighted by atomic mass is 9.96. The molecule has 0 aliphatic heterocycles. The third-order valence-corrected chi connectivity index (χ3v) is 3.52. The van der Waals surface area contributed by atoms with Crippen LogP contribution in [0.5, 0.6) is 0 Å². The molecule has 1 aliphatic rings. The first kappa shape index (κ1) is 11.2. The maximum atomic E-state index is 13.1. The van der Waals surface area contributed by atoms with E-state index in [1.807, 2.05) is 0 Å². The number of benzene rings is 1. The number of carbonyl (C=O) groups is 1. The van der Waals surface area contributed by atoms with Crippen molar-refractivity contribution >= 4 is 17.1 Å². The van der Waals surface area contributed by atoms with Crippen LogP contribution in [0.15, 0.2) is 22.6 Å². The van der Waals surface area contributed by atoms with Crippen LogP contribution >= 0.6 is 0 Å². The van der Waals surface area contributed by atoms with E-state index in [0.29, 0.717) is 23.4 Å². The van der Waals surface area contributed by atoms with Gasteiger partial charge in [-0.15, -0.1) is 0 Å². The van der Waals surface area contributed by atoms with Crippen molar-refractivity contribution < 1.29 is 18.7 Å². The number of hydrogen-bond acceptors (Lipinski definition) is 3. The molecule has 1 aliphatic carbocycles. The summed E-state index contributed by atoms with van der Waals surface area (Å²) in [5, 5.41) is 9.13. The number of halogens is 1. The molecule has 0 spiro atoms. The van der Waals surface area contributed by atoms with Crippen LogP contribution < -0.4 is 0 Å². The van der Waals surface area contributed by atoms with Crippen molar-refractivity contribution in [3.63, 3.8) is 0 Å². The van der Waals surface area contributed by atoms with Gasteiger partial charge in [0, 0.05) is 12.0 Å². The molecule has 0 saturated heterocycles. The van der Waals surface area contributed by atoms with Gasteiger partial charge in [-0.2, -0.15) is 0 Å². The van der Waals surface area contributed by atoms with Crippen LogP contribution in [0.1, 0.15) is 31.1 Å². The Bertz CT molecular complexity index is 607. The maximum absolute atomic E-state index is 13.1. The first-order chi connectivity index (χ1) is 8.65. The van der Waals surface area contributed by atoms with Crippen LogP contribution in [0.2, 0.25) is 0 Å². The van der Waals surface area contributed by atoms with E-state index < -0.39 is 11.9 Å². The standard InChI is InChI=1S/C13H12FNO3/c14-7-4-5-11-10(6-7)15-12(18-11)8-2-1-3-9(8)13(16)17/h4-6,8-9H,1-3H2,(H,16,17). The Hall–Kier alpha value is -1.91. The molecule has 2 atom stereocenters. The first-order valence-corrected chi connectivity index (χ1v) is 5.94. The van der Waals surface area contributed by atoms with Crippen molar-refractivity contribution in [2.24, 2.45) is 5.92 Å². The van der Waals surface area contributed by atoms with E-state index in [-0.39, 0.29) is 11.7 Å². The number of aromatic nitrogens is 1. The summed E-state index contributed by atoms with van der Waals surface area (Å²) in [6.45, 7) is 0. The molecule has 0 radical (unpaired) electrons. The van der Waals surface area contributed by atoms with Gasteiger partial charge in [-0.1, -0.05) is 6.42 Å². The van der Waals surface area contributed by atoms with Crippen molar-refractivity contribution in [1.82, 2.24) is 4.98 Å². The minimum absolute atomic E-state index is 0.196. The third-order valence-electron chi connectivity index (χ3n) is 3.52. The van der Waals surface area contributed by atoms with E-state index in [2.05, 4.69) is 4.98 Å². The van der Waals surface area contributed by atoms with Gasteiger partial charge in [0.05, 0.1) is 5.92 Å². The second-order valence-electron chi connectivity index (χ2n) is 4.65. The highest BCUT2D eigenvalue weighted by Gasteiger charge is 2.37. The molecule has 18 heavy (non-hydrogen) atoms. The summed E-state index contributed by atoms with van der Waals surface area (Å²) in [6.07, 6.45) is 2.26. The molecular formula is C13H12FNO3. The predicted molar refractivity (Wildman–Crippen MR) is 61.7 cm³/mol. The third kappa shape index (κ3) is 1.75. The molecule has 3 rings (SSSR count). The van der Waals surface area contributed by atoms with Crippen LogP contribution in [0, 0.1) is 11.7 Å². The Morgan fingerprint density at radius 1 is 1.44 bits per heavy atom. The van der Waals surface area contributed by atoms with Gasteiger partial charge >= 0.3 is 5.97 Å². The summed E-state index contributed by atoms with van der Waals surface area (Å²) in [6, 6.07) is 4.12. The Labute approximate surface area is 102 Å². The van der Waals surface area contributed by atoms with Gasteiger partial charge in [-0.3, -0.25) is 4.79 Å². The molecule has 2 aromatic rings. The fraction of sp³-hybridized carbons (Fsp3) is 0.385. The molecule has 0 bridgehead atoms. The summed E-state index contributed by atoms with van der Waals surface area (Å²) in [5.74, 6) is -1.41. The average Bonchev–Trinajstić information content (AvgIpc) is 2.93. The van der Waals surface area contributed by atoms with Crippen LogP contribution in [0.25, 0.3) is 11.1 Å². The molecule has 4 nitrogen and oxygen atoms in total. The Morgan fingerprint density at radius 3 is 3.06 bits per heavy atom. The van der Waals surface area contributed by atoms with Crippen LogP contribution in [0.3, 0.4) is 0 Å². The molecule has 1 aromatic carbocycles. The van der Waals surface area contributed by atoms with Crippen molar-refractivity contribution in [3.8, 4) is 0 Å². The van der Waals surface area contributed by atoms with Gasteiger partial charge in [0.2, 0.25) is 0 Å². The lowest BCUT2D eigenvalue weighted by molar-refractivity contribution is -0.142. The van der Waals surface area contributed by atoms with Crippen LogP contribution in [0.4, 0.5) is 4.39 Å². The van der Waals surface area contributed by atoms with Crippen molar-refractivity contribution in [1.29, 1.82) is 0 Å². The number of fused-ring (bicyclic) bond motifs is 1. The number of carboxylic acid groups (broad SMARTS) is 1. The zero-order valence-electron chi connectivity index (χ0n) is 9.60. The monoisotopic (exact) mass is 249 g/mol. The fourth-order valence-corrected chi connectivity index (χ4v) is 2.63. The van der Waals surface area contributed by atoms with Crippen LogP contribution in [-0.2, 0) is 4.79 Å². The van der Waals surface area contributed by atoms with E-state index in [9.17, 15) is 9.18 Å². The summed E-state index contributed by atoms with van der Waals surface area (Å²) in [7, 11) is 0. The number of rotatable bonds is 2. The summed E-state index contributed by atoms with van der Waals surface area (Å²) in [5.41, 5.74) is 0.948. The van der Waals surface area contributed by atoms with E-state index >= 15 is 0 Å². The molecule has 94 valence electrons. The van der Waals surface area contributed by atoms with E-state index in [0.717, 1.165) is 12.8 Å². The Balaban J connectivity index is 2.01. The molecule has 1 N–H and O–H groups in total. The quantitative estimate of drug-likeness (QED) is 0.888. The van der Waals surface area contributed by atoms with Gasteiger partial charge in [0.15, 0.2) is 11.5 Å². The first-order valence-electron chi connectivity index (χ1n) is 5.94. The average molecular weight is 249 g/mol. The molecule has 2 unspecified atom stereocenters. The normalized spacial score (nSPS) is 23.6. The van der Waals surface area contributed by atoms with Gasteiger partial charge in [0.1, 0.15) is 11.3 Å². The molecular weight excluding hydrogens is 237 g/mol. The molecule has 1 aromatic heterocycles. The van der Waals surface area contributed by atoms with Gasteiger partial charge in [-0.25, -0.2) is 9.37 Å². The minimum Gasteiger partial charge on any atom is -0.481 e. The van der Waals surface area contributed by atoms with E-state index in [4.69, 9.17) is 9.52 Å². The SMILES string of the molecule is O=C(O)C1CCCC1c1nc2cc(F)ccc2o1. The van der Waals surface area contributed by atoms with Crippen molar-refractivity contribution in [3.05, 3.63) is 29.9 Å². The highest BCUT2D eigenvalue weighted by molar-refractivity contribution is 5.74. The van der Waals surface area contributed by atoms with Gasteiger partial charge < -0.3 is 9.52 Å². The number of nitrogens with zero attached hydrogens (tertiary/aromatic N) is 1. The summed E-state index contributed by atoms with van der Waals surface area (Å²) in [4.78, 5) is 15.3. The highest BCUT2D eigenvalue weighted by Crippen LogP contribution is 2.40. The summed E-state index contributed by atoms with van der Waals surface area (Å²) >= 11 is 0. The smallest absolute Gasteiger partial charge is 0.307 e. The number of oxazole rings is 1. The van der Waals surface area contributed by atoms with E-state index in [1.165, 1.54) is 18.2 Å². The number of hydrogen-bond donors (Lipinski definition) is 1. The number of aliphatic carboxylic acids is 1. The lowest BCUT2D eigenvalue weighted by Crippen LogP contribution is -2.16. The topological polar surface area (TPSA) is 63.3 Å². The minimum atomic E-state index is -0.814. The van der Waals surface area contributed by atoms with Crippen molar-refractivity contribution in [2.45, 2.75) is 25.2 Å². The molecule has 1 saturated carbocycles. The van der Waals surface area contributed by atoms with Gasteiger partial charge in [-0.05, 0) is 25.0 Å². The molecule has 0 amide bonds. The summed E-state index contributed by atoms with van der Waals surface area (Å²) < 4.78 is 18.6. The molecule has 1 heterocycles. The number of carboxylic acids is 1. The Morgan fingerprint density at radius 2 is 2.28 bits per heavy atom. The Kier molecular flexibility index (Phi) is 2.54. The second kappa shape index (κ2) is 4.08. The van der Waals surface area contributed by atoms with Crippen molar-refractivity contribution in [2.75, 3.05) is 0 Å². The van der Waals surface area contributed by atoms with Gasteiger partial charge in [0.25, 0.3) is 0 Å². The van der Waals surface area contributed by atoms with E-state index in [1.54, 1.807) is 0 Å². The molecule has 5 heteroatoms. The zero-order valence-corrected chi connectivity index (χ0v) is 9.60. The largest absolute Gasteiger partial charge is 0.481 e. The molecule has 1 fully saturated rings. The second-order valence-corrected chi connectivity index (χ2v) is 4.65. The maximum Gasteiger partial charge on any atom is 0.307 e. The zero-order chi connectivity index (χ0) is 12.7.